The summed E-state index contributed by atoms with van der Waals surface area (Å²) in [5.41, 5.74) is 2.53. The van der Waals surface area contributed by atoms with Gasteiger partial charge in [0.25, 0.3) is 0 Å². The van der Waals surface area contributed by atoms with E-state index in [1.807, 2.05) is 18.2 Å². The average Bonchev–Trinajstić information content (AvgIpc) is 2.98. The van der Waals surface area contributed by atoms with Gasteiger partial charge in [0.2, 0.25) is 5.76 Å². The highest BCUT2D eigenvalue weighted by atomic mass is 79.9. The molecule has 1 aromatic heterocycles. The van der Waals surface area contributed by atoms with Gasteiger partial charge in [-0.05, 0) is 47.3 Å². The molecule has 3 rings (SSSR count). The highest BCUT2D eigenvalue weighted by molar-refractivity contribution is 9.10. The van der Waals surface area contributed by atoms with Crippen molar-refractivity contribution in [2.45, 2.75) is 19.3 Å². The molecule has 0 unspecified atom stereocenters. The van der Waals surface area contributed by atoms with Crippen LogP contribution in [0.1, 0.15) is 29.8 Å². The third kappa shape index (κ3) is 2.95. The van der Waals surface area contributed by atoms with Gasteiger partial charge in [-0.2, -0.15) is 0 Å². The molecule has 21 heavy (non-hydrogen) atoms. The van der Waals surface area contributed by atoms with Crippen LogP contribution in [0.3, 0.4) is 0 Å². The first kappa shape index (κ1) is 14.1. The quantitative estimate of drug-likeness (QED) is 0.911. The van der Waals surface area contributed by atoms with E-state index < -0.39 is 5.97 Å². The number of carboxylic acid groups (broad SMARTS) is 1. The second kappa shape index (κ2) is 5.89. The van der Waals surface area contributed by atoms with E-state index in [-0.39, 0.29) is 5.76 Å². The van der Waals surface area contributed by atoms with Gasteiger partial charge in [-0.15, -0.1) is 0 Å². The molecule has 0 spiro atoms. The van der Waals surface area contributed by atoms with Crippen molar-refractivity contribution in [2.24, 2.45) is 0 Å². The zero-order valence-corrected chi connectivity index (χ0v) is 13.0. The summed E-state index contributed by atoms with van der Waals surface area (Å²) in [6.07, 6.45) is 3.74. The lowest BCUT2D eigenvalue weighted by Gasteiger charge is -2.29. The predicted octanol–water partition coefficient (Wildman–Crippen LogP) is 3.79. The molecule has 5 nitrogen and oxygen atoms in total. The molecule has 2 aromatic rings. The van der Waals surface area contributed by atoms with Crippen molar-refractivity contribution in [1.29, 1.82) is 0 Å². The van der Waals surface area contributed by atoms with E-state index in [0.29, 0.717) is 5.69 Å². The number of halogens is 1. The second-order valence-electron chi connectivity index (χ2n) is 5.10. The minimum absolute atomic E-state index is 0.152. The zero-order chi connectivity index (χ0) is 14.8. The minimum Gasteiger partial charge on any atom is -0.475 e. The van der Waals surface area contributed by atoms with Crippen LogP contribution < -0.4 is 4.90 Å². The largest absolute Gasteiger partial charge is 0.475 e. The fraction of sp³-hybridized carbons (Fsp3) is 0.333. The Morgan fingerprint density at radius 3 is 2.62 bits per heavy atom. The number of aromatic carboxylic acids is 1. The summed E-state index contributed by atoms with van der Waals surface area (Å²) in [6, 6.07) is 7.37. The molecule has 0 saturated carbocycles. The standard InChI is InChI=1S/C15H15BrN2O3/c16-11-8-10(12-9-14(15(19)20)21-17-12)4-5-13(11)18-6-2-1-3-7-18/h4-5,8-9H,1-3,6-7H2,(H,19,20). The molecule has 0 atom stereocenters. The molecule has 1 saturated heterocycles. The summed E-state index contributed by atoms with van der Waals surface area (Å²) >= 11 is 3.60. The number of aromatic nitrogens is 1. The number of benzene rings is 1. The summed E-state index contributed by atoms with van der Waals surface area (Å²) in [4.78, 5) is 13.2. The molecule has 1 aromatic carbocycles. The Bertz CT molecular complexity index is 663. The van der Waals surface area contributed by atoms with Crippen molar-refractivity contribution in [2.75, 3.05) is 18.0 Å². The van der Waals surface area contributed by atoms with Gasteiger partial charge in [0.1, 0.15) is 5.69 Å². The highest BCUT2D eigenvalue weighted by Crippen LogP contribution is 2.32. The third-order valence-electron chi connectivity index (χ3n) is 3.66. The average molecular weight is 351 g/mol. The lowest BCUT2D eigenvalue weighted by Crippen LogP contribution is -2.29. The predicted molar refractivity (Wildman–Crippen MR) is 82.7 cm³/mol. The Morgan fingerprint density at radius 2 is 2.00 bits per heavy atom. The molecule has 1 aliphatic heterocycles. The molecule has 1 aliphatic rings. The van der Waals surface area contributed by atoms with Gasteiger partial charge in [-0.1, -0.05) is 11.2 Å². The maximum atomic E-state index is 10.8. The number of hydrogen-bond donors (Lipinski definition) is 1. The fourth-order valence-corrected chi connectivity index (χ4v) is 3.20. The second-order valence-corrected chi connectivity index (χ2v) is 5.95. The Hall–Kier alpha value is -1.82. The van der Waals surface area contributed by atoms with E-state index >= 15 is 0 Å². The van der Waals surface area contributed by atoms with Crippen LogP contribution in [0.15, 0.2) is 33.3 Å². The first-order chi connectivity index (χ1) is 10.1. The first-order valence-electron chi connectivity index (χ1n) is 6.90. The maximum absolute atomic E-state index is 10.8. The molecular formula is C15H15BrN2O3. The molecule has 1 fully saturated rings. The number of rotatable bonds is 3. The Kier molecular flexibility index (Phi) is 3.96. The van der Waals surface area contributed by atoms with E-state index in [9.17, 15) is 4.79 Å². The van der Waals surface area contributed by atoms with Crippen LogP contribution in [0.4, 0.5) is 5.69 Å². The van der Waals surface area contributed by atoms with Crippen molar-refractivity contribution < 1.29 is 14.4 Å². The normalized spacial score (nSPS) is 15.2. The Balaban J connectivity index is 1.87. The Labute approximate surface area is 130 Å². The van der Waals surface area contributed by atoms with Gasteiger partial charge >= 0.3 is 5.97 Å². The molecule has 0 bridgehead atoms. The summed E-state index contributed by atoms with van der Waals surface area (Å²) in [6.45, 7) is 2.15. The zero-order valence-electron chi connectivity index (χ0n) is 11.4. The number of nitrogens with zero attached hydrogens (tertiary/aromatic N) is 2. The van der Waals surface area contributed by atoms with Crippen LogP contribution in [0, 0.1) is 0 Å². The molecule has 0 amide bonds. The van der Waals surface area contributed by atoms with Gasteiger partial charge in [-0.25, -0.2) is 4.79 Å². The summed E-state index contributed by atoms with van der Waals surface area (Å²) in [7, 11) is 0. The smallest absolute Gasteiger partial charge is 0.374 e. The lowest BCUT2D eigenvalue weighted by molar-refractivity contribution is 0.0652. The van der Waals surface area contributed by atoms with Gasteiger partial charge in [0, 0.05) is 29.2 Å². The van der Waals surface area contributed by atoms with Gasteiger partial charge in [0.05, 0.1) is 5.69 Å². The van der Waals surface area contributed by atoms with Crippen molar-refractivity contribution >= 4 is 27.6 Å². The number of anilines is 1. The molecular weight excluding hydrogens is 336 g/mol. The molecule has 110 valence electrons. The summed E-state index contributed by atoms with van der Waals surface area (Å²) in [5, 5.41) is 12.7. The molecule has 6 heteroatoms. The van der Waals surface area contributed by atoms with Crippen molar-refractivity contribution in [1.82, 2.24) is 5.16 Å². The topological polar surface area (TPSA) is 66.6 Å². The summed E-state index contributed by atoms with van der Waals surface area (Å²) in [5.74, 6) is -1.26. The van der Waals surface area contributed by atoms with Gasteiger partial charge in [-0.3, -0.25) is 0 Å². The number of carboxylic acids is 1. The number of carbonyl (C=O) groups is 1. The number of piperidine rings is 1. The van der Waals surface area contributed by atoms with Gasteiger partial charge < -0.3 is 14.5 Å². The van der Waals surface area contributed by atoms with Crippen molar-refractivity contribution in [3.63, 3.8) is 0 Å². The monoisotopic (exact) mass is 350 g/mol. The summed E-state index contributed by atoms with van der Waals surface area (Å²) < 4.78 is 5.78. The van der Waals surface area contributed by atoms with Crippen LogP contribution in [-0.2, 0) is 0 Å². The van der Waals surface area contributed by atoms with Crippen LogP contribution in [-0.4, -0.2) is 29.3 Å². The van der Waals surface area contributed by atoms with Crippen LogP contribution in [0.5, 0.6) is 0 Å². The van der Waals surface area contributed by atoms with E-state index in [0.717, 1.165) is 23.1 Å². The fourth-order valence-electron chi connectivity index (χ4n) is 2.57. The lowest BCUT2D eigenvalue weighted by atomic mass is 10.1. The highest BCUT2D eigenvalue weighted by Gasteiger charge is 2.16. The Morgan fingerprint density at radius 1 is 1.24 bits per heavy atom. The molecule has 2 heterocycles. The van der Waals surface area contributed by atoms with E-state index in [4.69, 9.17) is 9.63 Å². The first-order valence-corrected chi connectivity index (χ1v) is 7.69. The maximum Gasteiger partial charge on any atom is 0.374 e. The van der Waals surface area contributed by atoms with Crippen LogP contribution in [0.25, 0.3) is 11.3 Å². The van der Waals surface area contributed by atoms with Gasteiger partial charge in [0.15, 0.2) is 0 Å². The van der Waals surface area contributed by atoms with E-state index in [1.54, 1.807) is 0 Å². The van der Waals surface area contributed by atoms with E-state index in [1.165, 1.54) is 31.0 Å². The van der Waals surface area contributed by atoms with Crippen LogP contribution in [0.2, 0.25) is 0 Å². The molecule has 0 aliphatic carbocycles. The van der Waals surface area contributed by atoms with E-state index in [2.05, 4.69) is 26.0 Å². The third-order valence-corrected chi connectivity index (χ3v) is 4.30. The number of hydrogen-bond acceptors (Lipinski definition) is 4. The minimum atomic E-state index is -1.11. The van der Waals surface area contributed by atoms with Crippen LogP contribution >= 0.6 is 15.9 Å². The molecule has 0 radical (unpaired) electrons. The van der Waals surface area contributed by atoms with Crippen molar-refractivity contribution in [3.05, 3.63) is 34.5 Å². The van der Waals surface area contributed by atoms with Crippen molar-refractivity contribution in [3.8, 4) is 11.3 Å². The SMILES string of the molecule is O=C(O)c1cc(-c2ccc(N3CCCCC3)c(Br)c2)no1. The molecule has 1 N–H and O–H groups in total.